The van der Waals surface area contributed by atoms with Crippen molar-refractivity contribution in [1.82, 2.24) is 24.4 Å². The van der Waals surface area contributed by atoms with E-state index in [4.69, 9.17) is 9.84 Å². The number of methoxy groups -OCH3 is 1. The third-order valence-corrected chi connectivity index (χ3v) is 5.93. The number of hydrogen-bond acceptors (Lipinski definition) is 6. The molecule has 0 aliphatic heterocycles. The molecule has 4 aromatic rings. The summed E-state index contributed by atoms with van der Waals surface area (Å²) < 4.78 is 9.01. The standard InChI is InChI=1S/C22H22N6O3/c1-13-7-15(29)3-4-19(13)27-11-14-8-16(21(31-2)9-17(14)26-27)22(30)25-18-10-24-28-12-23-6-5-20(18)28/h5-6,8-13,19H,3-4,7H2,1-2H3,(H,25,30)/t13-,19-/m0/s1. The molecular weight excluding hydrogens is 396 g/mol. The highest BCUT2D eigenvalue weighted by Crippen LogP contribution is 2.34. The van der Waals surface area contributed by atoms with Crippen molar-refractivity contribution in [3.05, 3.63) is 48.7 Å². The molecule has 2 atom stereocenters. The first-order chi connectivity index (χ1) is 15.0. The molecule has 0 saturated heterocycles. The molecule has 0 radical (unpaired) electrons. The number of nitrogens with zero attached hydrogens (tertiary/aromatic N) is 5. The molecule has 1 aromatic carbocycles. The largest absolute Gasteiger partial charge is 0.496 e. The second-order valence-electron chi connectivity index (χ2n) is 7.97. The number of benzene rings is 1. The van der Waals surface area contributed by atoms with E-state index < -0.39 is 0 Å². The summed E-state index contributed by atoms with van der Waals surface area (Å²) in [6.07, 6.45) is 8.69. The van der Waals surface area contributed by atoms with Crippen LogP contribution in [0, 0.1) is 5.92 Å². The molecule has 1 saturated carbocycles. The quantitative estimate of drug-likeness (QED) is 0.546. The number of amides is 1. The SMILES string of the molecule is COc1cc2nn([C@H]3CCC(=O)C[C@@H]3C)cc2cc1C(=O)Nc1cnn2cnccc12. The zero-order valence-electron chi connectivity index (χ0n) is 17.3. The van der Waals surface area contributed by atoms with Crippen LogP contribution in [0.2, 0.25) is 0 Å². The molecule has 1 aliphatic rings. The second kappa shape index (κ2) is 7.50. The van der Waals surface area contributed by atoms with Gasteiger partial charge in [-0.2, -0.15) is 10.2 Å². The van der Waals surface area contributed by atoms with E-state index in [-0.39, 0.29) is 17.9 Å². The van der Waals surface area contributed by atoms with E-state index in [1.807, 2.05) is 10.9 Å². The van der Waals surface area contributed by atoms with E-state index in [0.717, 1.165) is 22.8 Å². The molecule has 0 bridgehead atoms. The number of hydrogen-bond donors (Lipinski definition) is 1. The molecule has 9 nitrogen and oxygen atoms in total. The van der Waals surface area contributed by atoms with Crippen LogP contribution < -0.4 is 10.1 Å². The van der Waals surface area contributed by atoms with Crippen LogP contribution in [-0.4, -0.2) is 43.2 Å². The smallest absolute Gasteiger partial charge is 0.259 e. The Bertz CT molecular complexity index is 1310. The van der Waals surface area contributed by atoms with E-state index in [1.54, 1.807) is 41.4 Å². The summed E-state index contributed by atoms with van der Waals surface area (Å²) in [7, 11) is 1.53. The minimum absolute atomic E-state index is 0.167. The van der Waals surface area contributed by atoms with Crippen LogP contribution in [0.4, 0.5) is 5.69 Å². The lowest BCUT2D eigenvalue weighted by molar-refractivity contribution is -0.122. The highest BCUT2D eigenvalue weighted by molar-refractivity contribution is 6.09. The maximum Gasteiger partial charge on any atom is 0.259 e. The number of rotatable bonds is 4. The number of ketones is 1. The van der Waals surface area contributed by atoms with Crippen LogP contribution in [0.3, 0.4) is 0 Å². The summed E-state index contributed by atoms with van der Waals surface area (Å²) in [5.74, 6) is 0.685. The topological polar surface area (TPSA) is 103 Å². The highest BCUT2D eigenvalue weighted by atomic mass is 16.5. The van der Waals surface area contributed by atoms with Crippen LogP contribution >= 0.6 is 0 Å². The summed E-state index contributed by atoms with van der Waals surface area (Å²) in [6, 6.07) is 5.52. The van der Waals surface area contributed by atoms with Crippen LogP contribution in [-0.2, 0) is 4.79 Å². The Morgan fingerprint density at radius 1 is 1.32 bits per heavy atom. The van der Waals surface area contributed by atoms with E-state index in [0.29, 0.717) is 35.6 Å². The average molecular weight is 418 g/mol. The van der Waals surface area contributed by atoms with Gasteiger partial charge in [0.15, 0.2) is 0 Å². The fraction of sp³-hybridized carbons (Fsp3) is 0.318. The number of carbonyl (C=O) groups excluding carboxylic acids is 2. The maximum absolute atomic E-state index is 13.1. The first kappa shape index (κ1) is 19.2. The first-order valence-corrected chi connectivity index (χ1v) is 10.2. The molecule has 31 heavy (non-hydrogen) atoms. The normalized spacial score (nSPS) is 19.1. The minimum atomic E-state index is -0.296. The lowest BCUT2D eigenvalue weighted by Gasteiger charge is -2.28. The Morgan fingerprint density at radius 3 is 3.00 bits per heavy atom. The van der Waals surface area contributed by atoms with Gasteiger partial charge in [0.1, 0.15) is 17.9 Å². The first-order valence-electron chi connectivity index (χ1n) is 10.2. The van der Waals surface area contributed by atoms with Crippen molar-refractivity contribution >= 4 is 33.8 Å². The Balaban J connectivity index is 1.48. The van der Waals surface area contributed by atoms with Crippen LogP contribution in [0.1, 0.15) is 42.6 Å². The van der Waals surface area contributed by atoms with Crippen molar-refractivity contribution in [2.75, 3.05) is 12.4 Å². The molecule has 9 heteroatoms. The van der Waals surface area contributed by atoms with Gasteiger partial charge in [-0.1, -0.05) is 6.92 Å². The van der Waals surface area contributed by atoms with Crippen LogP contribution in [0.5, 0.6) is 5.75 Å². The fourth-order valence-corrected chi connectivity index (χ4v) is 4.30. The van der Waals surface area contributed by atoms with Crippen molar-refractivity contribution in [2.45, 2.75) is 32.2 Å². The Morgan fingerprint density at radius 2 is 2.19 bits per heavy atom. The molecule has 3 aromatic heterocycles. The van der Waals surface area contributed by atoms with Gasteiger partial charge in [-0.05, 0) is 24.5 Å². The molecule has 3 heterocycles. The van der Waals surface area contributed by atoms with Gasteiger partial charge in [0.2, 0.25) is 0 Å². The number of nitrogens with one attached hydrogen (secondary N) is 1. The number of ether oxygens (including phenoxy) is 1. The van der Waals surface area contributed by atoms with E-state index >= 15 is 0 Å². The van der Waals surface area contributed by atoms with Gasteiger partial charge < -0.3 is 10.1 Å². The van der Waals surface area contributed by atoms with Gasteiger partial charge in [0, 0.05) is 36.7 Å². The predicted octanol–water partition coefficient (Wildman–Crippen LogP) is 3.27. The van der Waals surface area contributed by atoms with Crippen molar-refractivity contribution in [3.63, 3.8) is 0 Å². The molecule has 0 unspecified atom stereocenters. The fourth-order valence-electron chi connectivity index (χ4n) is 4.30. The molecule has 1 amide bonds. The van der Waals surface area contributed by atoms with Crippen LogP contribution in [0.15, 0.2) is 43.1 Å². The molecular formula is C22H22N6O3. The van der Waals surface area contributed by atoms with Crippen molar-refractivity contribution < 1.29 is 14.3 Å². The summed E-state index contributed by atoms with van der Waals surface area (Å²) in [5.41, 5.74) is 2.50. The molecule has 1 fully saturated rings. The van der Waals surface area contributed by atoms with Crippen molar-refractivity contribution in [1.29, 1.82) is 0 Å². The van der Waals surface area contributed by atoms with E-state index in [1.165, 1.54) is 7.11 Å². The Labute approximate surface area is 178 Å². The summed E-state index contributed by atoms with van der Waals surface area (Å²) >= 11 is 0. The predicted molar refractivity (Wildman–Crippen MR) is 114 cm³/mol. The number of aromatic nitrogens is 5. The molecule has 1 aliphatic carbocycles. The summed E-state index contributed by atoms with van der Waals surface area (Å²) in [5, 5.41) is 12.7. The Kier molecular flexibility index (Phi) is 4.65. The van der Waals surface area contributed by atoms with Gasteiger partial charge in [0.25, 0.3) is 5.91 Å². The molecule has 0 spiro atoms. The van der Waals surface area contributed by atoms with Crippen molar-refractivity contribution in [3.8, 4) is 5.75 Å². The Hall–Kier alpha value is -3.75. The van der Waals surface area contributed by atoms with Crippen LogP contribution in [0.25, 0.3) is 16.4 Å². The van der Waals surface area contributed by atoms with E-state index in [9.17, 15) is 9.59 Å². The van der Waals surface area contributed by atoms with Crippen molar-refractivity contribution in [2.24, 2.45) is 5.92 Å². The van der Waals surface area contributed by atoms with E-state index in [2.05, 4.69) is 22.3 Å². The lowest BCUT2D eigenvalue weighted by Crippen LogP contribution is -2.26. The third kappa shape index (κ3) is 3.41. The van der Waals surface area contributed by atoms with Gasteiger partial charge in [0.05, 0.1) is 41.6 Å². The average Bonchev–Trinajstić information content (AvgIpc) is 3.36. The van der Waals surface area contributed by atoms with Gasteiger partial charge in [-0.25, -0.2) is 9.50 Å². The number of fused-ring (bicyclic) bond motifs is 2. The second-order valence-corrected chi connectivity index (χ2v) is 7.97. The molecule has 5 rings (SSSR count). The van der Waals surface area contributed by atoms with Gasteiger partial charge in [-0.15, -0.1) is 0 Å². The molecule has 158 valence electrons. The maximum atomic E-state index is 13.1. The zero-order valence-corrected chi connectivity index (χ0v) is 17.3. The summed E-state index contributed by atoms with van der Waals surface area (Å²) in [4.78, 5) is 28.8. The number of carbonyl (C=O) groups is 2. The lowest BCUT2D eigenvalue weighted by atomic mass is 9.85. The minimum Gasteiger partial charge on any atom is -0.496 e. The monoisotopic (exact) mass is 418 g/mol. The summed E-state index contributed by atoms with van der Waals surface area (Å²) in [6.45, 7) is 2.08. The number of anilines is 1. The highest BCUT2D eigenvalue weighted by Gasteiger charge is 2.28. The van der Waals surface area contributed by atoms with Gasteiger partial charge in [-0.3, -0.25) is 14.3 Å². The third-order valence-electron chi connectivity index (χ3n) is 5.93. The van der Waals surface area contributed by atoms with Gasteiger partial charge >= 0.3 is 0 Å². The molecule has 1 N–H and O–H groups in total. The zero-order chi connectivity index (χ0) is 21.5. The number of Topliss-reactive ketones (excluding diaryl/α,β-unsaturated/α-hetero) is 1.